The van der Waals surface area contributed by atoms with E-state index in [1.54, 1.807) is 0 Å². The highest BCUT2D eigenvalue weighted by Crippen LogP contribution is 2.19. The smallest absolute Gasteiger partial charge is 0.0434 e. The summed E-state index contributed by atoms with van der Waals surface area (Å²) in [7, 11) is 0. The Morgan fingerprint density at radius 3 is 2.75 bits per heavy atom. The Morgan fingerprint density at radius 1 is 1.19 bits per heavy atom. The molecule has 1 N–H and O–H groups in total. The van der Waals surface area contributed by atoms with E-state index >= 15 is 0 Å². The Morgan fingerprint density at radius 2 is 2.00 bits per heavy atom. The van der Waals surface area contributed by atoms with Crippen LogP contribution in [-0.2, 0) is 0 Å². The molecule has 1 heterocycles. The van der Waals surface area contributed by atoms with E-state index in [0.717, 1.165) is 12.3 Å². The number of hydrogen-bond acceptors (Lipinski definition) is 2. The van der Waals surface area contributed by atoms with E-state index in [0.29, 0.717) is 6.61 Å². The van der Waals surface area contributed by atoms with Crippen molar-refractivity contribution in [2.45, 2.75) is 58.3 Å². The molecule has 2 nitrogen and oxygen atoms in total. The van der Waals surface area contributed by atoms with Crippen molar-refractivity contribution in [1.82, 2.24) is 4.90 Å². The zero-order valence-corrected chi connectivity index (χ0v) is 11.0. The summed E-state index contributed by atoms with van der Waals surface area (Å²) in [5.74, 6) is 0.759. The van der Waals surface area contributed by atoms with Crippen molar-refractivity contribution in [2.24, 2.45) is 5.92 Å². The van der Waals surface area contributed by atoms with Crippen LogP contribution in [0.25, 0.3) is 0 Å². The molecule has 1 aliphatic rings. The van der Waals surface area contributed by atoms with E-state index in [4.69, 9.17) is 5.11 Å². The summed E-state index contributed by atoms with van der Waals surface area (Å²) in [6, 6.07) is 0. The molecule has 1 unspecified atom stereocenters. The quantitative estimate of drug-likeness (QED) is 0.644. The first-order valence-electron chi connectivity index (χ1n) is 7.20. The number of nitrogens with zero attached hydrogens (tertiary/aromatic N) is 1. The third kappa shape index (κ3) is 5.86. The summed E-state index contributed by atoms with van der Waals surface area (Å²) in [4.78, 5) is 2.61. The van der Waals surface area contributed by atoms with E-state index in [-0.39, 0.29) is 0 Å². The minimum absolute atomic E-state index is 0.370. The Labute approximate surface area is 101 Å². The van der Waals surface area contributed by atoms with Crippen molar-refractivity contribution in [3.05, 3.63) is 0 Å². The second-order valence-electron chi connectivity index (χ2n) is 5.24. The van der Waals surface area contributed by atoms with Gasteiger partial charge in [-0.2, -0.15) is 0 Å². The highest BCUT2D eigenvalue weighted by molar-refractivity contribution is 4.72. The minimum atomic E-state index is 0.370. The maximum absolute atomic E-state index is 8.96. The summed E-state index contributed by atoms with van der Waals surface area (Å²) in [6.07, 6.45) is 10.6. The second-order valence-corrected chi connectivity index (χ2v) is 5.24. The van der Waals surface area contributed by atoms with Crippen LogP contribution in [0.2, 0.25) is 0 Å². The third-order valence-electron chi connectivity index (χ3n) is 3.72. The van der Waals surface area contributed by atoms with Crippen molar-refractivity contribution in [1.29, 1.82) is 0 Å². The molecular weight excluding hydrogens is 198 g/mol. The molecule has 1 aliphatic heterocycles. The average Bonchev–Trinajstić information content (AvgIpc) is 2.30. The standard InChI is InChI=1S/C14H29NO/c1-2-3-4-5-6-10-15-11-7-8-14(13-15)9-12-16/h14,16H,2-13H2,1H3. The van der Waals surface area contributed by atoms with Crippen molar-refractivity contribution >= 4 is 0 Å². The number of piperidine rings is 1. The third-order valence-corrected chi connectivity index (χ3v) is 3.72. The maximum atomic E-state index is 8.96. The summed E-state index contributed by atoms with van der Waals surface area (Å²) < 4.78 is 0. The molecule has 0 radical (unpaired) electrons. The van der Waals surface area contributed by atoms with Gasteiger partial charge in [-0.05, 0) is 44.7 Å². The summed E-state index contributed by atoms with van der Waals surface area (Å²) in [5, 5.41) is 8.96. The lowest BCUT2D eigenvalue weighted by molar-refractivity contribution is 0.146. The van der Waals surface area contributed by atoms with Gasteiger partial charge >= 0.3 is 0 Å². The van der Waals surface area contributed by atoms with Gasteiger partial charge in [-0.15, -0.1) is 0 Å². The van der Waals surface area contributed by atoms with E-state index in [1.165, 1.54) is 64.6 Å². The molecule has 1 atom stereocenters. The highest BCUT2D eigenvalue weighted by atomic mass is 16.3. The first-order chi connectivity index (χ1) is 7.86. The van der Waals surface area contributed by atoms with E-state index in [1.807, 2.05) is 0 Å². The molecule has 1 saturated heterocycles. The average molecular weight is 227 g/mol. The van der Waals surface area contributed by atoms with Crippen LogP contribution in [0.1, 0.15) is 58.3 Å². The van der Waals surface area contributed by atoms with Crippen molar-refractivity contribution in [3.8, 4) is 0 Å². The van der Waals surface area contributed by atoms with Gasteiger partial charge in [-0.3, -0.25) is 0 Å². The molecule has 0 spiro atoms. The van der Waals surface area contributed by atoms with Gasteiger partial charge in [0.05, 0.1) is 0 Å². The summed E-state index contributed by atoms with van der Waals surface area (Å²) >= 11 is 0. The molecule has 1 rings (SSSR count). The van der Waals surface area contributed by atoms with Crippen LogP contribution in [0.4, 0.5) is 0 Å². The van der Waals surface area contributed by atoms with Gasteiger partial charge in [0.25, 0.3) is 0 Å². The first kappa shape index (κ1) is 14.0. The molecule has 0 amide bonds. The fraction of sp³-hybridized carbons (Fsp3) is 1.00. The predicted molar refractivity (Wildman–Crippen MR) is 69.6 cm³/mol. The van der Waals surface area contributed by atoms with Crippen molar-refractivity contribution in [3.63, 3.8) is 0 Å². The lowest BCUT2D eigenvalue weighted by Gasteiger charge is -2.32. The lowest BCUT2D eigenvalue weighted by atomic mass is 9.95. The molecule has 0 saturated carbocycles. The molecule has 16 heavy (non-hydrogen) atoms. The second kappa shape index (κ2) is 9.00. The van der Waals surface area contributed by atoms with Gasteiger partial charge in [0.1, 0.15) is 0 Å². The van der Waals surface area contributed by atoms with Crippen LogP contribution in [0.3, 0.4) is 0 Å². The molecule has 2 heteroatoms. The van der Waals surface area contributed by atoms with Crippen molar-refractivity contribution < 1.29 is 5.11 Å². The van der Waals surface area contributed by atoms with Gasteiger partial charge in [0, 0.05) is 13.2 Å². The van der Waals surface area contributed by atoms with E-state index in [2.05, 4.69) is 11.8 Å². The van der Waals surface area contributed by atoms with Gasteiger partial charge < -0.3 is 10.0 Å². The van der Waals surface area contributed by atoms with Gasteiger partial charge in [0.2, 0.25) is 0 Å². The Kier molecular flexibility index (Phi) is 7.87. The lowest BCUT2D eigenvalue weighted by Crippen LogP contribution is -2.36. The number of aliphatic hydroxyl groups excluding tert-OH is 1. The molecule has 0 bridgehead atoms. The molecule has 0 aromatic heterocycles. The Bertz CT molecular complexity index is 159. The fourth-order valence-electron chi connectivity index (χ4n) is 2.71. The van der Waals surface area contributed by atoms with Crippen LogP contribution in [-0.4, -0.2) is 36.2 Å². The number of rotatable bonds is 8. The summed E-state index contributed by atoms with van der Waals surface area (Å²) in [5.41, 5.74) is 0. The van der Waals surface area contributed by atoms with Crippen LogP contribution >= 0.6 is 0 Å². The number of unbranched alkanes of at least 4 members (excludes halogenated alkanes) is 4. The number of likely N-dealkylation sites (tertiary alicyclic amines) is 1. The van der Waals surface area contributed by atoms with Crippen molar-refractivity contribution in [2.75, 3.05) is 26.2 Å². The van der Waals surface area contributed by atoms with Gasteiger partial charge in [0.15, 0.2) is 0 Å². The molecule has 96 valence electrons. The topological polar surface area (TPSA) is 23.5 Å². The zero-order chi connectivity index (χ0) is 11.6. The molecular formula is C14H29NO. The summed E-state index contributed by atoms with van der Waals surface area (Å²) in [6.45, 7) is 6.44. The normalized spacial score (nSPS) is 22.5. The monoisotopic (exact) mass is 227 g/mol. The maximum Gasteiger partial charge on any atom is 0.0434 e. The SMILES string of the molecule is CCCCCCCN1CCCC(CCO)C1. The van der Waals surface area contributed by atoms with E-state index < -0.39 is 0 Å². The minimum Gasteiger partial charge on any atom is -0.396 e. The molecule has 1 fully saturated rings. The van der Waals surface area contributed by atoms with Crippen LogP contribution in [0.5, 0.6) is 0 Å². The zero-order valence-electron chi connectivity index (χ0n) is 11.0. The fourth-order valence-corrected chi connectivity index (χ4v) is 2.71. The van der Waals surface area contributed by atoms with Crippen LogP contribution in [0, 0.1) is 5.92 Å². The van der Waals surface area contributed by atoms with E-state index in [9.17, 15) is 0 Å². The first-order valence-corrected chi connectivity index (χ1v) is 7.20. The predicted octanol–water partition coefficient (Wildman–Crippen LogP) is 3.05. The van der Waals surface area contributed by atoms with Crippen LogP contribution < -0.4 is 0 Å². The molecule has 0 aliphatic carbocycles. The Balaban J connectivity index is 2.02. The number of hydrogen-bond donors (Lipinski definition) is 1. The highest BCUT2D eigenvalue weighted by Gasteiger charge is 2.18. The largest absolute Gasteiger partial charge is 0.396 e. The van der Waals surface area contributed by atoms with Crippen LogP contribution in [0.15, 0.2) is 0 Å². The van der Waals surface area contributed by atoms with Gasteiger partial charge in [-0.25, -0.2) is 0 Å². The molecule has 0 aromatic rings. The molecule has 0 aromatic carbocycles. The Hall–Kier alpha value is -0.0800. The van der Waals surface area contributed by atoms with Gasteiger partial charge in [-0.1, -0.05) is 32.6 Å². The number of aliphatic hydroxyl groups is 1.